The maximum atomic E-state index is 12.7. The summed E-state index contributed by atoms with van der Waals surface area (Å²) in [6.07, 6.45) is 5.17. The number of hydrogen-bond donors (Lipinski definition) is 2. The molecule has 2 saturated carbocycles. The standard InChI is InChI=1S/C28H35N7O4/c1-28(2,3)39-27(38)31-20-13-22(33-30-15-20)21-12-19(14-29)26(32-25(21)18-6-7-18)34-9-10-35(24(37)8-11-36)23(16-34)17-4-5-17/h12-13,15,17-18,23,36H,4-11,16H2,1-3H3,(H,31,33,38)/t23-/m0/s1. The van der Waals surface area contributed by atoms with E-state index in [1.807, 2.05) is 11.0 Å². The predicted octanol–water partition coefficient (Wildman–Crippen LogP) is 3.44. The van der Waals surface area contributed by atoms with Gasteiger partial charge >= 0.3 is 6.09 Å². The van der Waals surface area contributed by atoms with Gasteiger partial charge in [-0.2, -0.15) is 15.5 Å². The molecule has 2 aliphatic carbocycles. The number of hydrogen-bond acceptors (Lipinski definition) is 9. The van der Waals surface area contributed by atoms with Crippen LogP contribution in [0, 0.1) is 17.2 Å². The summed E-state index contributed by atoms with van der Waals surface area (Å²) in [7, 11) is 0. The van der Waals surface area contributed by atoms with Crippen molar-refractivity contribution in [3.63, 3.8) is 0 Å². The van der Waals surface area contributed by atoms with E-state index in [-0.39, 0.29) is 30.9 Å². The number of carbonyl (C=O) groups is 2. The van der Waals surface area contributed by atoms with Crippen molar-refractivity contribution in [3.8, 4) is 17.3 Å². The second-order valence-corrected chi connectivity index (χ2v) is 11.5. The lowest BCUT2D eigenvalue weighted by atomic mass is 10.0. The van der Waals surface area contributed by atoms with Crippen LogP contribution < -0.4 is 10.2 Å². The first-order valence-electron chi connectivity index (χ1n) is 13.6. The van der Waals surface area contributed by atoms with Crippen molar-refractivity contribution < 1.29 is 19.4 Å². The van der Waals surface area contributed by atoms with Gasteiger partial charge in [0.25, 0.3) is 0 Å². The van der Waals surface area contributed by atoms with Gasteiger partial charge in [0.15, 0.2) is 0 Å². The number of anilines is 2. The number of rotatable bonds is 7. The minimum absolute atomic E-state index is 0.0185. The van der Waals surface area contributed by atoms with E-state index < -0.39 is 11.7 Å². The molecule has 206 valence electrons. The minimum Gasteiger partial charge on any atom is -0.444 e. The molecule has 0 aromatic carbocycles. The van der Waals surface area contributed by atoms with Crippen LogP contribution in [0.15, 0.2) is 18.3 Å². The van der Waals surface area contributed by atoms with Crippen molar-refractivity contribution in [3.05, 3.63) is 29.6 Å². The van der Waals surface area contributed by atoms with Crippen LogP contribution in [0.1, 0.15) is 70.1 Å². The molecule has 2 N–H and O–H groups in total. The fraction of sp³-hybridized carbons (Fsp3) is 0.571. The fourth-order valence-electron chi connectivity index (χ4n) is 5.14. The zero-order valence-electron chi connectivity index (χ0n) is 22.7. The molecule has 0 radical (unpaired) electrons. The number of aromatic nitrogens is 3. The van der Waals surface area contributed by atoms with Gasteiger partial charge in [0.1, 0.15) is 17.5 Å². The topological polar surface area (TPSA) is 145 Å². The summed E-state index contributed by atoms with van der Waals surface area (Å²) in [4.78, 5) is 34.0. The normalized spacial score (nSPS) is 19.4. The quantitative estimate of drug-likeness (QED) is 0.547. The molecule has 1 atom stereocenters. The molecular formula is C28H35N7O4. The van der Waals surface area contributed by atoms with Gasteiger partial charge in [-0.3, -0.25) is 10.1 Å². The Balaban J connectivity index is 1.43. The summed E-state index contributed by atoms with van der Waals surface area (Å²) in [5.41, 5.74) is 2.37. The maximum absolute atomic E-state index is 12.7. The number of nitrogens with one attached hydrogen (secondary N) is 1. The molecule has 2 amide bonds. The highest BCUT2D eigenvalue weighted by Gasteiger charge is 2.41. The fourth-order valence-corrected chi connectivity index (χ4v) is 5.14. The van der Waals surface area contributed by atoms with Crippen LogP contribution >= 0.6 is 0 Å². The van der Waals surface area contributed by atoms with Crippen LogP contribution in [-0.2, 0) is 9.53 Å². The molecule has 5 rings (SSSR count). The molecule has 3 fully saturated rings. The van der Waals surface area contributed by atoms with Crippen LogP contribution in [0.3, 0.4) is 0 Å². The molecule has 11 heteroatoms. The molecule has 3 aliphatic rings. The molecule has 11 nitrogen and oxygen atoms in total. The third kappa shape index (κ3) is 6.28. The summed E-state index contributed by atoms with van der Waals surface area (Å²) in [6.45, 7) is 6.95. The predicted molar refractivity (Wildman–Crippen MR) is 144 cm³/mol. The number of aliphatic hydroxyl groups is 1. The molecule has 2 aromatic rings. The summed E-state index contributed by atoms with van der Waals surface area (Å²) < 4.78 is 5.35. The van der Waals surface area contributed by atoms with E-state index in [2.05, 4.69) is 26.5 Å². The molecule has 0 bridgehead atoms. The lowest BCUT2D eigenvalue weighted by Crippen LogP contribution is -2.56. The van der Waals surface area contributed by atoms with E-state index in [0.29, 0.717) is 48.3 Å². The molecule has 0 spiro atoms. The van der Waals surface area contributed by atoms with Gasteiger partial charge in [-0.1, -0.05) is 0 Å². The average molecular weight is 534 g/mol. The van der Waals surface area contributed by atoms with Crippen LogP contribution in [0.5, 0.6) is 0 Å². The summed E-state index contributed by atoms with van der Waals surface area (Å²) in [6, 6.07) is 5.92. The monoisotopic (exact) mass is 533 g/mol. The first-order valence-corrected chi connectivity index (χ1v) is 13.6. The van der Waals surface area contributed by atoms with Gasteiger partial charge < -0.3 is 19.6 Å². The molecule has 3 heterocycles. The van der Waals surface area contributed by atoms with Crippen LogP contribution in [0.25, 0.3) is 11.3 Å². The second-order valence-electron chi connectivity index (χ2n) is 11.5. The zero-order chi connectivity index (χ0) is 27.7. The largest absolute Gasteiger partial charge is 0.444 e. The van der Waals surface area contributed by atoms with E-state index in [0.717, 1.165) is 36.9 Å². The third-order valence-electron chi connectivity index (χ3n) is 7.22. The first kappa shape index (κ1) is 26.8. The molecule has 1 aliphatic heterocycles. The van der Waals surface area contributed by atoms with Gasteiger partial charge in [0.05, 0.1) is 41.5 Å². The SMILES string of the molecule is CC(C)(C)OC(=O)Nc1cnnc(-c2cc(C#N)c(N3CCN(C(=O)CCO)[C@H](C4CC4)C3)nc2C2CC2)c1. The Morgan fingerprint density at radius 2 is 1.97 bits per heavy atom. The van der Waals surface area contributed by atoms with Gasteiger partial charge in [-0.15, -0.1) is 0 Å². The molecule has 39 heavy (non-hydrogen) atoms. The van der Waals surface area contributed by atoms with Crippen LogP contribution in [0.2, 0.25) is 0 Å². The highest BCUT2D eigenvalue weighted by atomic mass is 16.6. The summed E-state index contributed by atoms with van der Waals surface area (Å²) in [5, 5.41) is 30.5. The zero-order valence-corrected chi connectivity index (χ0v) is 22.7. The Morgan fingerprint density at radius 3 is 2.62 bits per heavy atom. The highest BCUT2D eigenvalue weighted by Crippen LogP contribution is 2.45. The van der Waals surface area contributed by atoms with Crippen molar-refractivity contribution in [2.75, 3.05) is 36.5 Å². The Hall–Kier alpha value is -3.78. The third-order valence-corrected chi connectivity index (χ3v) is 7.22. The lowest BCUT2D eigenvalue weighted by Gasteiger charge is -2.42. The van der Waals surface area contributed by atoms with Gasteiger partial charge in [-0.05, 0) is 64.5 Å². The van der Waals surface area contributed by atoms with E-state index in [4.69, 9.17) is 9.72 Å². The van der Waals surface area contributed by atoms with E-state index in [1.54, 1.807) is 26.8 Å². The highest BCUT2D eigenvalue weighted by molar-refractivity contribution is 5.85. The lowest BCUT2D eigenvalue weighted by molar-refractivity contribution is -0.135. The van der Waals surface area contributed by atoms with E-state index in [1.165, 1.54) is 6.20 Å². The Bertz CT molecular complexity index is 1290. The van der Waals surface area contributed by atoms with Crippen molar-refractivity contribution in [2.45, 2.75) is 70.4 Å². The van der Waals surface area contributed by atoms with Crippen molar-refractivity contribution in [2.24, 2.45) is 5.92 Å². The van der Waals surface area contributed by atoms with Crippen molar-refractivity contribution in [1.29, 1.82) is 5.26 Å². The smallest absolute Gasteiger partial charge is 0.412 e. The Morgan fingerprint density at radius 1 is 1.21 bits per heavy atom. The van der Waals surface area contributed by atoms with Gasteiger partial charge in [0.2, 0.25) is 5.91 Å². The Kier molecular flexibility index (Phi) is 7.40. The average Bonchev–Trinajstić information content (AvgIpc) is 3.80. The number of piperazine rings is 1. The van der Waals surface area contributed by atoms with E-state index >= 15 is 0 Å². The van der Waals surface area contributed by atoms with Crippen LogP contribution in [0.4, 0.5) is 16.3 Å². The number of carbonyl (C=O) groups excluding carboxylic acids is 2. The minimum atomic E-state index is -0.635. The molecule has 0 unspecified atom stereocenters. The van der Waals surface area contributed by atoms with Gasteiger partial charge in [0, 0.05) is 37.5 Å². The molecular weight excluding hydrogens is 498 g/mol. The number of nitrogens with zero attached hydrogens (tertiary/aromatic N) is 6. The number of amides is 2. The number of aliphatic hydroxyl groups excluding tert-OH is 1. The summed E-state index contributed by atoms with van der Waals surface area (Å²) >= 11 is 0. The number of ether oxygens (including phenoxy) is 1. The maximum Gasteiger partial charge on any atom is 0.412 e. The summed E-state index contributed by atoms with van der Waals surface area (Å²) in [5.74, 6) is 1.33. The molecule has 2 aromatic heterocycles. The number of nitriles is 1. The number of pyridine rings is 1. The van der Waals surface area contributed by atoms with Crippen molar-refractivity contribution >= 4 is 23.5 Å². The second kappa shape index (κ2) is 10.8. The van der Waals surface area contributed by atoms with Gasteiger partial charge in [-0.25, -0.2) is 9.78 Å². The van der Waals surface area contributed by atoms with Crippen molar-refractivity contribution in [1.82, 2.24) is 20.1 Å². The van der Waals surface area contributed by atoms with E-state index in [9.17, 15) is 20.0 Å². The van der Waals surface area contributed by atoms with Crippen LogP contribution in [-0.4, -0.2) is 75.1 Å². The molecule has 1 saturated heterocycles. The Labute approximate surface area is 228 Å². The first-order chi connectivity index (χ1) is 18.7.